The van der Waals surface area contributed by atoms with Crippen LogP contribution < -0.4 is 5.32 Å². The van der Waals surface area contributed by atoms with Crippen molar-refractivity contribution >= 4 is 23.0 Å². The molecule has 1 saturated carbocycles. The van der Waals surface area contributed by atoms with Gasteiger partial charge < -0.3 is 10.4 Å². The van der Waals surface area contributed by atoms with Crippen LogP contribution in [0.1, 0.15) is 25.7 Å². The molecule has 1 aliphatic rings. The Kier molecular flexibility index (Phi) is 4.61. The first kappa shape index (κ1) is 14.1. The summed E-state index contributed by atoms with van der Waals surface area (Å²) in [6.45, 7) is 0.675. The van der Waals surface area contributed by atoms with E-state index in [-0.39, 0.29) is 16.8 Å². The number of nitrogens with zero attached hydrogens (tertiary/aromatic N) is 1. The zero-order valence-corrected chi connectivity index (χ0v) is 11.3. The normalized spacial score (nSPS) is 23.1. The molecule has 2 rings (SSSR count). The molecule has 19 heavy (non-hydrogen) atoms. The molecule has 0 aromatic heterocycles. The lowest BCUT2D eigenvalue weighted by atomic mass is 9.87. The van der Waals surface area contributed by atoms with Crippen LogP contribution in [0.3, 0.4) is 0 Å². The van der Waals surface area contributed by atoms with Crippen LogP contribution in [0.2, 0.25) is 5.02 Å². The Bertz CT molecular complexity index is 459. The lowest BCUT2D eigenvalue weighted by Gasteiger charge is -2.25. The van der Waals surface area contributed by atoms with Gasteiger partial charge in [0.05, 0.1) is 11.0 Å². The number of hydrogen-bond acceptors (Lipinski definition) is 4. The minimum Gasteiger partial charge on any atom is -0.393 e. The van der Waals surface area contributed by atoms with E-state index in [2.05, 4.69) is 5.32 Å². The third-order valence-electron chi connectivity index (χ3n) is 3.57. The molecule has 1 fully saturated rings. The van der Waals surface area contributed by atoms with Crippen LogP contribution in [0, 0.1) is 16.0 Å². The first-order chi connectivity index (χ1) is 9.08. The van der Waals surface area contributed by atoms with E-state index in [9.17, 15) is 15.2 Å². The lowest BCUT2D eigenvalue weighted by molar-refractivity contribution is -0.383. The Morgan fingerprint density at radius 2 is 2.05 bits per heavy atom. The number of rotatable bonds is 4. The van der Waals surface area contributed by atoms with Crippen molar-refractivity contribution in [2.45, 2.75) is 31.8 Å². The van der Waals surface area contributed by atoms with Crippen LogP contribution in [0.15, 0.2) is 18.2 Å². The van der Waals surface area contributed by atoms with E-state index >= 15 is 0 Å². The Hall–Kier alpha value is -1.33. The van der Waals surface area contributed by atoms with Crippen molar-refractivity contribution < 1.29 is 10.0 Å². The molecule has 0 saturated heterocycles. The molecule has 0 atom stereocenters. The Morgan fingerprint density at radius 1 is 1.37 bits per heavy atom. The molecule has 0 amide bonds. The molecular formula is C13H17ClN2O3. The predicted molar refractivity (Wildman–Crippen MR) is 74.6 cm³/mol. The Labute approximate surface area is 116 Å². The highest BCUT2D eigenvalue weighted by Crippen LogP contribution is 2.33. The van der Waals surface area contributed by atoms with Crippen LogP contribution in [-0.2, 0) is 0 Å². The monoisotopic (exact) mass is 284 g/mol. The summed E-state index contributed by atoms with van der Waals surface area (Å²) >= 11 is 5.85. The van der Waals surface area contributed by atoms with Crippen LogP contribution in [-0.4, -0.2) is 22.7 Å². The summed E-state index contributed by atoms with van der Waals surface area (Å²) in [6.07, 6.45) is 3.33. The molecule has 0 unspecified atom stereocenters. The van der Waals surface area contributed by atoms with E-state index in [1.165, 1.54) is 6.07 Å². The number of nitro groups is 1. The first-order valence-electron chi connectivity index (χ1n) is 6.42. The summed E-state index contributed by atoms with van der Waals surface area (Å²) in [6, 6.07) is 4.88. The van der Waals surface area contributed by atoms with Crippen molar-refractivity contribution in [1.82, 2.24) is 0 Å². The number of anilines is 1. The molecule has 6 heteroatoms. The second-order valence-corrected chi connectivity index (χ2v) is 5.36. The third-order valence-corrected chi connectivity index (χ3v) is 3.87. The average molecular weight is 285 g/mol. The number of benzene rings is 1. The largest absolute Gasteiger partial charge is 0.393 e. The molecule has 0 bridgehead atoms. The zero-order valence-electron chi connectivity index (χ0n) is 10.5. The van der Waals surface area contributed by atoms with Crippen molar-refractivity contribution in [2.24, 2.45) is 5.92 Å². The number of nitrogens with one attached hydrogen (secondary N) is 1. The highest BCUT2D eigenvalue weighted by atomic mass is 35.5. The second kappa shape index (κ2) is 6.21. The van der Waals surface area contributed by atoms with Gasteiger partial charge in [-0.2, -0.15) is 0 Å². The van der Waals surface area contributed by atoms with E-state index < -0.39 is 4.92 Å². The van der Waals surface area contributed by atoms with Gasteiger partial charge in [-0.15, -0.1) is 0 Å². The first-order valence-corrected chi connectivity index (χ1v) is 6.80. The molecule has 1 aliphatic carbocycles. The standard InChI is InChI=1S/C13H17ClN2O3/c14-11-2-1-3-12(13(11)16(18)19)15-8-9-4-6-10(17)7-5-9/h1-3,9-10,15,17H,4-8H2. The summed E-state index contributed by atoms with van der Waals surface area (Å²) in [5.74, 6) is 0.446. The number of halogens is 1. The maximum Gasteiger partial charge on any atom is 0.310 e. The van der Waals surface area contributed by atoms with Crippen LogP contribution >= 0.6 is 11.6 Å². The quantitative estimate of drug-likeness (QED) is 0.657. The number of aliphatic hydroxyl groups is 1. The molecular weight excluding hydrogens is 268 g/mol. The van der Waals surface area contributed by atoms with Gasteiger partial charge in [0.15, 0.2) is 0 Å². The van der Waals surface area contributed by atoms with Crippen LogP contribution in [0.4, 0.5) is 11.4 Å². The van der Waals surface area contributed by atoms with Gasteiger partial charge in [-0.3, -0.25) is 10.1 Å². The van der Waals surface area contributed by atoms with Gasteiger partial charge in [0, 0.05) is 6.54 Å². The number of aliphatic hydroxyl groups excluding tert-OH is 1. The van der Waals surface area contributed by atoms with Crippen molar-refractivity contribution in [2.75, 3.05) is 11.9 Å². The SMILES string of the molecule is O=[N+]([O-])c1c(Cl)cccc1NCC1CCC(O)CC1. The van der Waals surface area contributed by atoms with Crippen molar-refractivity contribution in [3.05, 3.63) is 33.3 Å². The molecule has 0 radical (unpaired) electrons. The topological polar surface area (TPSA) is 75.4 Å². The summed E-state index contributed by atoms with van der Waals surface area (Å²) in [4.78, 5) is 10.5. The molecule has 2 N–H and O–H groups in total. The van der Waals surface area contributed by atoms with Crippen molar-refractivity contribution in [1.29, 1.82) is 0 Å². The van der Waals surface area contributed by atoms with Gasteiger partial charge in [0.25, 0.3) is 0 Å². The minimum atomic E-state index is -0.463. The smallest absolute Gasteiger partial charge is 0.310 e. The number of nitro benzene ring substituents is 1. The number of para-hydroxylation sites is 1. The molecule has 1 aromatic carbocycles. The lowest BCUT2D eigenvalue weighted by Crippen LogP contribution is -2.23. The van der Waals surface area contributed by atoms with E-state index in [0.717, 1.165) is 25.7 Å². The summed E-state index contributed by atoms with van der Waals surface area (Å²) < 4.78 is 0. The van der Waals surface area contributed by atoms with Gasteiger partial charge in [-0.05, 0) is 43.7 Å². The van der Waals surface area contributed by atoms with E-state index in [1.807, 2.05) is 0 Å². The fourth-order valence-electron chi connectivity index (χ4n) is 2.45. The maximum absolute atomic E-state index is 11.0. The minimum absolute atomic E-state index is 0.0694. The van der Waals surface area contributed by atoms with Gasteiger partial charge in [-0.25, -0.2) is 0 Å². The van der Waals surface area contributed by atoms with E-state index in [1.54, 1.807) is 12.1 Å². The third kappa shape index (κ3) is 3.58. The van der Waals surface area contributed by atoms with Gasteiger partial charge in [0.2, 0.25) is 0 Å². The molecule has 104 valence electrons. The number of hydrogen-bond donors (Lipinski definition) is 2. The highest BCUT2D eigenvalue weighted by Gasteiger charge is 2.22. The predicted octanol–water partition coefficient (Wildman–Crippen LogP) is 3.21. The van der Waals surface area contributed by atoms with Gasteiger partial charge in [0.1, 0.15) is 10.7 Å². The van der Waals surface area contributed by atoms with Crippen LogP contribution in [0.25, 0.3) is 0 Å². The van der Waals surface area contributed by atoms with Gasteiger partial charge in [-0.1, -0.05) is 17.7 Å². The Morgan fingerprint density at radius 3 is 2.68 bits per heavy atom. The Balaban J connectivity index is 2.00. The highest BCUT2D eigenvalue weighted by molar-refractivity contribution is 6.33. The van der Waals surface area contributed by atoms with Crippen molar-refractivity contribution in [3.8, 4) is 0 Å². The summed E-state index contributed by atoms with van der Waals surface area (Å²) in [5, 5.41) is 23.7. The van der Waals surface area contributed by atoms with Crippen molar-refractivity contribution in [3.63, 3.8) is 0 Å². The van der Waals surface area contributed by atoms with E-state index in [0.29, 0.717) is 18.2 Å². The zero-order chi connectivity index (χ0) is 13.8. The second-order valence-electron chi connectivity index (χ2n) is 4.95. The van der Waals surface area contributed by atoms with E-state index in [4.69, 9.17) is 11.6 Å². The molecule has 0 aliphatic heterocycles. The summed E-state index contributed by atoms with van der Waals surface area (Å²) in [7, 11) is 0. The fraction of sp³-hybridized carbons (Fsp3) is 0.538. The fourth-order valence-corrected chi connectivity index (χ4v) is 2.69. The molecule has 5 nitrogen and oxygen atoms in total. The maximum atomic E-state index is 11.0. The van der Waals surface area contributed by atoms with Gasteiger partial charge >= 0.3 is 5.69 Å². The molecule has 1 aromatic rings. The summed E-state index contributed by atoms with van der Waals surface area (Å²) in [5.41, 5.74) is 0.392. The molecule has 0 heterocycles. The molecule has 0 spiro atoms. The average Bonchev–Trinajstić information content (AvgIpc) is 2.37. The van der Waals surface area contributed by atoms with Crippen LogP contribution in [0.5, 0.6) is 0 Å².